The van der Waals surface area contributed by atoms with E-state index < -0.39 is 0 Å². The average molecular weight is 1100 g/mol. The normalized spacial score (nSPS) is 23.6. The summed E-state index contributed by atoms with van der Waals surface area (Å²) < 4.78 is 2.67. The number of aryl methyl sites for hydroxylation is 1. The van der Waals surface area contributed by atoms with Crippen LogP contribution in [-0.2, 0) is 37.9 Å². The topological polar surface area (TPSA) is 9.72 Å². The molecule has 0 spiro atoms. The summed E-state index contributed by atoms with van der Waals surface area (Å²) in [5, 5.41) is 2.67. The lowest BCUT2D eigenvalue weighted by atomic mass is 9.32. The van der Waals surface area contributed by atoms with Gasteiger partial charge in [-0.2, -0.15) is 0 Å². The Kier molecular flexibility index (Phi) is 10.3. The van der Waals surface area contributed by atoms with E-state index in [0.717, 1.165) is 19.3 Å². The zero-order valence-electron chi connectivity index (χ0n) is 52.1. The van der Waals surface area contributed by atoms with Gasteiger partial charge in [-0.1, -0.05) is 188 Å². The van der Waals surface area contributed by atoms with Gasteiger partial charge in [0, 0.05) is 76.2 Å². The van der Waals surface area contributed by atoms with Crippen LogP contribution in [0.1, 0.15) is 198 Å². The van der Waals surface area contributed by atoms with Gasteiger partial charge in [0.15, 0.2) is 0 Å². The quantitative estimate of drug-likeness (QED) is 0.163. The molecule has 2 atom stereocenters. The molecule has 3 aliphatic heterocycles. The molecule has 8 aromatic carbocycles. The molecule has 4 heterocycles. The summed E-state index contributed by atoms with van der Waals surface area (Å²) in [5.41, 5.74) is 28.8. The third kappa shape index (κ3) is 6.65. The molecule has 16 rings (SSSR count). The summed E-state index contributed by atoms with van der Waals surface area (Å²) in [6.45, 7) is 37.7. The summed E-state index contributed by atoms with van der Waals surface area (Å²) in [6, 6.07) is 56.9. The average Bonchev–Trinajstić information content (AvgIpc) is 1.86. The van der Waals surface area contributed by atoms with Crippen molar-refractivity contribution in [1.29, 1.82) is 0 Å². The van der Waals surface area contributed by atoms with Crippen molar-refractivity contribution in [1.82, 2.24) is 0 Å². The predicted octanol–water partition coefficient (Wildman–Crippen LogP) is 19.5. The van der Waals surface area contributed by atoms with Gasteiger partial charge in [0.1, 0.15) is 0 Å². The Morgan fingerprint density at radius 2 is 0.892 bits per heavy atom. The molecule has 0 N–H and O–H groups in total. The molecule has 1 aromatic heterocycles. The van der Waals surface area contributed by atoms with Crippen LogP contribution < -0.4 is 31.1 Å². The Hall–Kier alpha value is -6.56. The maximum absolute atomic E-state index is 2.87. The fourth-order valence-electron chi connectivity index (χ4n) is 19.0. The van der Waals surface area contributed by atoms with Crippen LogP contribution in [0.5, 0.6) is 0 Å². The van der Waals surface area contributed by atoms with Crippen molar-refractivity contribution in [3.63, 3.8) is 0 Å². The van der Waals surface area contributed by atoms with Crippen molar-refractivity contribution in [2.75, 3.05) is 14.7 Å². The van der Waals surface area contributed by atoms with Gasteiger partial charge >= 0.3 is 0 Å². The Morgan fingerprint density at radius 1 is 0.398 bits per heavy atom. The molecular weight excluding hydrogens is 1020 g/mol. The first-order valence-electron chi connectivity index (χ1n) is 31.5. The summed E-state index contributed by atoms with van der Waals surface area (Å²) in [5.74, 6) is 0. The van der Waals surface area contributed by atoms with Gasteiger partial charge in [0.05, 0.1) is 11.2 Å². The fourth-order valence-corrected chi connectivity index (χ4v) is 20.2. The predicted molar refractivity (Wildman–Crippen MR) is 358 cm³/mol. The Balaban J connectivity index is 1.10. The van der Waals surface area contributed by atoms with Crippen LogP contribution in [0.3, 0.4) is 0 Å². The second kappa shape index (κ2) is 16.4. The maximum Gasteiger partial charge on any atom is 0.252 e. The van der Waals surface area contributed by atoms with Crippen LogP contribution in [0.4, 0.5) is 45.5 Å². The molecule has 3 nitrogen and oxygen atoms in total. The molecule has 418 valence electrons. The van der Waals surface area contributed by atoms with Gasteiger partial charge in [-0.25, -0.2) is 0 Å². The Labute approximate surface area is 499 Å². The number of fused-ring (bicyclic) bond motifs is 14. The number of hydrogen-bond donors (Lipinski definition) is 0. The van der Waals surface area contributed by atoms with Gasteiger partial charge in [-0.3, -0.25) is 0 Å². The fraction of sp³-hybridized carbons (Fsp3) is 0.385. The number of nitrogens with zero attached hydrogens (tertiary/aromatic N) is 3. The lowest BCUT2D eigenvalue weighted by Gasteiger charge is -2.51. The van der Waals surface area contributed by atoms with E-state index in [-0.39, 0.29) is 50.2 Å². The molecular formula is C78H82BN3S. The summed E-state index contributed by atoms with van der Waals surface area (Å²) >= 11 is 1.93. The minimum atomic E-state index is -0.245. The van der Waals surface area contributed by atoms with E-state index in [4.69, 9.17) is 0 Å². The van der Waals surface area contributed by atoms with E-state index in [2.05, 4.69) is 258 Å². The maximum atomic E-state index is 2.87. The molecule has 83 heavy (non-hydrogen) atoms. The van der Waals surface area contributed by atoms with Crippen LogP contribution in [-0.4, -0.2) is 12.3 Å². The number of benzene rings is 8. The highest BCUT2D eigenvalue weighted by molar-refractivity contribution is 7.26. The lowest BCUT2D eigenvalue weighted by molar-refractivity contribution is 0.195. The first-order valence-corrected chi connectivity index (χ1v) is 32.3. The molecule has 0 saturated heterocycles. The SMILES string of the molecule is Cc1cc2c(cc1N1c3cc4c(cc3B3c5cc6c(cc5N(c5cccc7sc8ccccc8c57)c5cc(N7c8ccccc8C8(C)CCCCC78C)cc1c53)C(C)(C)CC6(C)C)C(C)(C)c1ccccc1C4(C)C)C(C)(C)CCC2(C)C. The van der Waals surface area contributed by atoms with Crippen molar-refractivity contribution in [3.05, 3.63) is 195 Å². The van der Waals surface area contributed by atoms with Crippen LogP contribution in [0.25, 0.3) is 20.2 Å². The number of anilines is 8. The molecule has 5 heteroatoms. The van der Waals surface area contributed by atoms with E-state index in [1.54, 1.807) is 0 Å². The molecule has 2 unspecified atom stereocenters. The Bertz CT molecular complexity index is 4350. The van der Waals surface area contributed by atoms with Crippen molar-refractivity contribution < 1.29 is 0 Å². The van der Waals surface area contributed by atoms with Crippen molar-refractivity contribution in [2.24, 2.45) is 0 Å². The highest BCUT2D eigenvalue weighted by Crippen LogP contribution is 2.63. The summed E-state index contributed by atoms with van der Waals surface area (Å²) in [6.07, 6.45) is 8.24. The van der Waals surface area contributed by atoms with Crippen molar-refractivity contribution in [3.8, 4) is 0 Å². The van der Waals surface area contributed by atoms with Gasteiger partial charge in [-0.05, 0) is 194 Å². The molecule has 9 aromatic rings. The Morgan fingerprint density at radius 3 is 1.57 bits per heavy atom. The lowest BCUT2D eigenvalue weighted by Crippen LogP contribution is -2.62. The van der Waals surface area contributed by atoms with Crippen molar-refractivity contribution >= 4 is 100 Å². The number of para-hydroxylation sites is 1. The van der Waals surface area contributed by atoms with Gasteiger partial charge in [0.2, 0.25) is 0 Å². The minimum Gasteiger partial charge on any atom is -0.334 e. The molecule has 1 saturated carbocycles. The second-order valence-electron chi connectivity index (χ2n) is 31.0. The molecule has 0 amide bonds. The minimum absolute atomic E-state index is 0.00357. The van der Waals surface area contributed by atoms with Crippen LogP contribution >= 0.6 is 11.3 Å². The standard InChI is InChI=1S/C78H82BN3S/c1-46-37-52-54(72(4,5)36-35-71(52,2)3)42-62(46)81-64-44-57-56(75(10,11)49-26-17-18-27-50(49)76(57,12)13)41-59(64)79-58-40-53-55(74(8,9)45-73(53,6)7)43-63(58)80(61-30-24-32-68-69(61)48-25-16-21-31-67(48)83-68)65-38-47(39-66(81)70(65)79)82-60-29-20-19-28-51(60)77(14)33-22-23-34-78(77,82)15/h16-21,24-32,37-44H,22-23,33-36,45H2,1-15H3. The first kappa shape index (κ1) is 52.0. The van der Waals surface area contributed by atoms with E-state index >= 15 is 0 Å². The van der Waals surface area contributed by atoms with E-state index in [0.29, 0.717) is 0 Å². The summed E-state index contributed by atoms with van der Waals surface area (Å²) in [7, 11) is 0. The molecule has 1 fully saturated rings. The third-order valence-corrected chi connectivity index (χ3v) is 24.7. The first-order chi connectivity index (χ1) is 39.3. The molecule has 0 bridgehead atoms. The largest absolute Gasteiger partial charge is 0.334 e. The number of hydrogen-bond acceptors (Lipinski definition) is 4. The molecule has 7 aliphatic rings. The highest BCUT2D eigenvalue weighted by atomic mass is 32.1. The van der Waals surface area contributed by atoms with Crippen LogP contribution in [0, 0.1) is 6.92 Å². The van der Waals surface area contributed by atoms with Crippen LogP contribution in [0.15, 0.2) is 140 Å². The van der Waals surface area contributed by atoms with E-state index in [1.165, 1.54) is 163 Å². The number of rotatable bonds is 3. The van der Waals surface area contributed by atoms with Gasteiger partial charge < -0.3 is 14.7 Å². The van der Waals surface area contributed by atoms with Gasteiger partial charge in [-0.15, -0.1) is 11.3 Å². The van der Waals surface area contributed by atoms with Gasteiger partial charge in [0.25, 0.3) is 6.71 Å². The van der Waals surface area contributed by atoms with E-state index in [9.17, 15) is 0 Å². The molecule has 0 radical (unpaired) electrons. The second-order valence-corrected chi connectivity index (χ2v) is 32.1. The highest BCUT2D eigenvalue weighted by Gasteiger charge is 2.59. The van der Waals surface area contributed by atoms with E-state index in [1.807, 2.05) is 11.3 Å². The van der Waals surface area contributed by atoms with Crippen LogP contribution in [0.2, 0.25) is 0 Å². The summed E-state index contributed by atoms with van der Waals surface area (Å²) in [4.78, 5) is 8.50. The monoisotopic (exact) mass is 1100 g/mol. The molecule has 4 aliphatic carbocycles. The third-order valence-electron chi connectivity index (χ3n) is 23.6. The zero-order valence-corrected chi connectivity index (χ0v) is 52.9. The van der Waals surface area contributed by atoms with Crippen molar-refractivity contribution in [2.45, 2.75) is 192 Å². The smallest absolute Gasteiger partial charge is 0.252 e. The zero-order chi connectivity index (χ0) is 57.7. The number of thiophene rings is 1.